The Balaban J connectivity index is 1.85. The van der Waals surface area contributed by atoms with Crippen molar-refractivity contribution in [2.24, 2.45) is 0 Å². The van der Waals surface area contributed by atoms with E-state index in [1.165, 1.54) is 33.0 Å². The summed E-state index contributed by atoms with van der Waals surface area (Å²) in [5, 5.41) is 2.38. The fourth-order valence-corrected chi connectivity index (χ4v) is 3.62. The minimum Gasteiger partial charge on any atom is -0.248 e. The molecule has 0 amide bonds. The maximum absolute atomic E-state index is 4.95. The Hall–Kier alpha value is -3.45. The predicted molar refractivity (Wildman–Crippen MR) is 110 cm³/mol. The molecule has 1 nitrogen and oxygen atoms in total. The maximum Gasteiger partial charge on any atom is 0.0722 e. The van der Waals surface area contributed by atoms with Crippen LogP contribution in [0.3, 0.4) is 0 Å². The van der Waals surface area contributed by atoms with E-state index in [0.717, 1.165) is 11.0 Å². The molecule has 122 valence electrons. The molecule has 1 aromatic heterocycles. The van der Waals surface area contributed by atoms with E-state index < -0.39 is 0 Å². The summed E-state index contributed by atoms with van der Waals surface area (Å²) < 4.78 is 0. The van der Waals surface area contributed by atoms with Gasteiger partial charge in [0.1, 0.15) is 0 Å². The van der Waals surface area contributed by atoms with Crippen LogP contribution in [0.2, 0.25) is 0 Å². The van der Waals surface area contributed by atoms with Gasteiger partial charge in [-0.3, -0.25) is 0 Å². The highest BCUT2D eigenvalue weighted by molar-refractivity contribution is 6.10. The van der Waals surface area contributed by atoms with Crippen LogP contribution in [-0.4, -0.2) is 4.98 Å². The summed E-state index contributed by atoms with van der Waals surface area (Å²) in [6, 6.07) is 36.0. The van der Waals surface area contributed by atoms with Gasteiger partial charge in [0.15, 0.2) is 0 Å². The van der Waals surface area contributed by atoms with E-state index in [1.807, 2.05) is 6.07 Å². The molecule has 0 radical (unpaired) electrons. The minimum absolute atomic E-state index is 1.03. The van der Waals surface area contributed by atoms with Crippen LogP contribution in [0.1, 0.15) is 0 Å². The van der Waals surface area contributed by atoms with Gasteiger partial charge >= 0.3 is 0 Å². The van der Waals surface area contributed by atoms with Gasteiger partial charge in [-0.15, -0.1) is 0 Å². The number of hydrogen-bond acceptors (Lipinski definition) is 1. The van der Waals surface area contributed by atoms with Crippen molar-refractivity contribution in [3.63, 3.8) is 0 Å². The lowest BCUT2D eigenvalue weighted by Gasteiger charge is -2.12. The Morgan fingerprint density at radius 1 is 0.423 bits per heavy atom. The molecule has 4 aromatic carbocycles. The van der Waals surface area contributed by atoms with Crippen LogP contribution in [0.4, 0.5) is 0 Å². The first-order valence-electron chi connectivity index (χ1n) is 8.83. The van der Waals surface area contributed by atoms with E-state index in [1.54, 1.807) is 0 Å². The number of rotatable bonds is 2. The second kappa shape index (κ2) is 6.12. The summed E-state index contributed by atoms with van der Waals surface area (Å²) in [5.41, 5.74) is 6.95. The van der Waals surface area contributed by atoms with Gasteiger partial charge in [-0.05, 0) is 28.8 Å². The molecule has 0 spiro atoms. The molecule has 0 N–H and O–H groups in total. The highest BCUT2D eigenvalue weighted by Crippen LogP contribution is 2.36. The van der Waals surface area contributed by atoms with Crippen LogP contribution < -0.4 is 0 Å². The Bertz CT molecular complexity index is 1210. The molecule has 1 heterocycles. The van der Waals surface area contributed by atoms with Crippen LogP contribution >= 0.6 is 0 Å². The van der Waals surface area contributed by atoms with Gasteiger partial charge in [-0.2, -0.15) is 0 Å². The second-order valence-electron chi connectivity index (χ2n) is 6.47. The lowest BCUT2D eigenvalue weighted by Crippen LogP contribution is -1.90. The lowest BCUT2D eigenvalue weighted by atomic mass is 9.94. The molecule has 0 saturated carbocycles. The summed E-state index contributed by atoms with van der Waals surface area (Å²) in [5.74, 6) is 0. The summed E-state index contributed by atoms with van der Waals surface area (Å²) >= 11 is 0. The summed E-state index contributed by atoms with van der Waals surface area (Å²) in [4.78, 5) is 4.95. The first-order chi connectivity index (χ1) is 12.9. The number of aromatic nitrogens is 1. The lowest BCUT2D eigenvalue weighted by molar-refractivity contribution is 1.49. The highest BCUT2D eigenvalue weighted by atomic mass is 14.7. The molecule has 0 bridgehead atoms. The fourth-order valence-electron chi connectivity index (χ4n) is 3.62. The van der Waals surface area contributed by atoms with Gasteiger partial charge < -0.3 is 0 Å². The van der Waals surface area contributed by atoms with E-state index in [0.29, 0.717) is 0 Å². The molecular weight excluding hydrogens is 314 g/mol. The number of fused-ring (bicyclic) bond motifs is 2. The number of benzene rings is 4. The first-order valence-corrected chi connectivity index (χ1v) is 8.83. The van der Waals surface area contributed by atoms with Crippen molar-refractivity contribution in [2.75, 3.05) is 0 Å². The average molecular weight is 331 g/mol. The third kappa shape index (κ3) is 2.46. The number of pyridine rings is 1. The van der Waals surface area contributed by atoms with Crippen LogP contribution in [-0.2, 0) is 0 Å². The van der Waals surface area contributed by atoms with Gasteiger partial charge in [-0.25, -0.2) is 4.98 Å². The smallest absolute Gasteiger partial charge is 0.0722 e. The predicted octanol–water partition coefficient (Wildman–Crippen LogP) is 6.72. The van der Waals surface area contributed by atoms with Crippen molar-refractivity contribution < 1.29 is 0 Å². The first kappa shape index (κ1) is 14.9. The fraction of sp³-hybridized carbons (Fsp3) is 0. The molecule has 5 aromatic rings. The van der Waals surface area contributed by atoms with Gasteiger partial charge in [0, 0.05) is 16.3 Å². The van der Waals surface area contributed by atoms with Gasteiger partial charge in [0.2, 0.25) is 0 Å². The topological polar surface area (TPSA) is 12.9 Å². The van der Waals surface area contributed by atoms with E-state index >= 15 is 0 Å². The molecule has 1 heteroatoms. The third-order valence-electron chi connectivity index (χ3n) is 4.85. The SMILES string of the molecule is c1ccc(-c2ccc3c(-c4ccccc4)c4ccccc4nc3c2)cc1. The van der Waals surface area contributed by atoms with Crippen LogP contribution in [0.15, 0.2) is 103 Å². The largest absolute Gasteiger partial charge is 0.248 e. The summed E-state index contributed by atoms with van der Waals surface area (Å²) in [6.07, 6.45) is 0. The third-order valence-corrected chi connectivity index (χ3v) is 4.85. The van der Waals surface area contributed by atoms with Crippen molar-refractivity contribution in [3.05, 3.63) is 103 Å². The Kier molecular flexibility index (Phi) is 3.50. The molecule has 0 saturated heterocycles. The zero-order valence-electron chi connectivity index (χ0n) is 14.3. The van der Waals surface area contributed by atoms with Crippen molar-refractivity contribution in [1.82, 2.24) is 4.98 Å². The summed E-state index contributed by atoms with van der Waals surface area (Å²) in [7, 11) is 0. The quantitative estimate of drug-likeness (QED) is 0.327. The number of para-hydroxylation sites is 1. The number of nitrogens with zero attached hydrogens (tertiary/aromatic N) is 1. The molecule has 5 rings (SSSR count). The zero-order chi connectivity index (χ0) is 17.3. The second-order valence-corrected chi connectivity index (χ2v) is 6.47. The molecule has 0 unspecified atom stereocenters. The van der Waals surface area contributed by atoms with Crippen LogP contribution in [0, 0.1) is 0 Å². The molecule has 0 fully saturated rings. The average Bonchev–Trinajstić information content (AvgIpc) is 2.73. The van der Waals surface area contributed by atoms with Crippen LogP contribution in [0.5, 0.6) is 0 Å². The molecule has 0 aliphatic carbocycles. The van der Waals surface area contributed by atoms with Gasteiger partial charge in [-0.1, -0.05) is 91.0 Å². The highest BCUT2D eigenvalue weighted by Gasteiger charge is 2.11. The summed E-state index contributed by atoms with van der Waals surface area (Å²) in [6.45, 7) is 0. The Morgan fingerprint density at radius 3 is 1.81 bits per heavy atom. The zero-order valence-corrected chi connectivity index (χ0v) is 14.3. The molecule has 0 aliphatic heterocycles. The minimum atomic E-state index is 1.03. The Labute approximate surface area is 152 Å². The van der Waals surface area contributed by atoms with E-state index in [-0.39, 0.29) is 0 Å². The monoisotopic (exact) mass is 331 g/mol. The van der Waals surface area contributed by atoms with Crippen molar-refractivity contribution in [2.45, 2.75) is 0 Å². The van der Waals surface area contributed by atoms with Crippen molar-refractivity contribution in [3.8, 4) is 22.3 Å². The van der Waals surface area contributed by atoms with E-state index in [4.69, 9.17) is 4.98 Å². The number of hydrogen-bond donors (Lipinski definition) is 0. The maximum atomic E-state index is 4.95. The van der Waals surface area contributed by atoms with Crippen molar-refractivity contribution >= 4 is 21.8 Å². The molecule has 0 atom stereocenters. The molecule has 0 aliphatic rings. The van der Waals surface area contributed by atoms with Gasteiger partial charge in [0.25, 0.3) is 0 Å². The Morgan fingerprint density at radius 2 is 1.04 bits per heavy atom. The molecular formula is C25H17N. The van der Waals surface area contributed by atoms with Crippen molar-refractivity contribution in [1.29, 1.82) is 0 Å². The molecule has 26 heavy (non-hydrogen) atoms. The van der Waals surface area contributed by atoms with Gasteiger partial charge in [0.05, 0.1) is 11.0 Å². The standard InChI is InChI=1S/C25H17N/c1-3-9-18(10-4-1)20-15-16-22-24(17-20)26-23-14-8-7-13-21(23)25(22)19-11-5-2-6-12-19/h1-17H. The van der Waals surface area contributed by atoms with E-state index in [9.17, 15) is 0 Å². The van der Waals surface area contributed by atoms with Crippen LogP contribution in [0.25, 0.3) is 44.1 Å². The normalized spacial score (nSPS) is 11.1. The van der Waals surface area contributed by atoms with E-state index in [2.05, 4.69) is 97.1 Å².